The zero-order chi connectivity index (χ0) is 29.0. The first-order valence-electron chi connectivity index (χ1n) is 11.8. The summed E-state index contributed by atoms with van der Waals surface area (Å²) in [6, 6.07) is 13.3. The number of hydrogen-bond acceptors (Lipinski definition) is 4. The molecule has 0 aliphatic carbocycles. The summed E-state index contributed by atoms with van der Waals surface area (Å²) in [5, 5.41) is 10.9. The van der Waals surface area contributed by atoms with Gasteiger partial charge < -0.3 is 14.6 Å². The van der Waals surface area contributed by atoms with Gasteiger partial charge >= 0.3 is 6.18 Å². The first-order chi connectivity index (χ1) is 17.8. The topological polar surface area (TPSA) is 51.0 Å². The number of methoxy groups -OCH3 is 1. The molecule has 0 saturated carbocycles. The molecule has 0 amide bonds. The molecule has 0 aliphatic heterocycles. The zero-order valence-electron chi connectivity index (χ0n) is 22.3. The number of hydrogen-bond donors (Lipinski definition) is 1. The van der Waals surface area contributed by atoms with Gasteiger partial charge in [0.05, 0.1) is 13.5 Å². The van der Waals surface area contributed by atoms with Crippen LogP contribution in [-0.4, -0.2) is 36.9 Å². The Labute approximate surface area is 222 Å². The van der Waals surface area contributed by atoms with Crippen LogP contribution < -0.4 is 4.74 Å². The van der Waals surface area contributed by atoms with Crippen LogP contribution in [0.2, 0.25) is 0 Å². The number of alkyl halides is 3. The highest BCUT2D eigenvalue weighted by molar-refractivity contribution is 5.78. The van der Waals surface area contributed by atoms with Crippen LogP contribution in [0, 0.1) is 18.7 Å². The molecule has 0 heterocycles. The molecule has 0 radical (unpaired) electrons. The highest BCUT2D eigenvalue weighted by Crippen LogP contribution is 2.45. The number of aliphatic imine (C=N–C) groups is 1. The first-order valence-corrected chi connectivity index (χ1v) is 11.8. The molecule has 0 spiro atoms. The number of rotatable bonds is 10. The van der Waals surface area contributed by atoms with Gasteiger partial charge in [-0.25, -0.2) is 4.39 Å². The fraction of sp³-hybridized carbons (Fsp3) is 0.367. The number of aliphatic hydroxyl groups is 1. The average Bonchev–Trinajstić information content (AvgIpc) is 2.88. The lowest BCUT2D eigenvalue weighted by molar-refractivity contribution is -0.264. The Bertz CT molecular complexity index is 1140. The summed E-state index contributed by atoms with van der Waals surface area (Å²) in [6.07, 6.45) is 6.97. The second kappa shape index (κ2) is 14.4. The predicted octanol–water partition coefficient (Wildman–Crippen LogP) is 7.18. The fourth-order valence-corrected chi connectivity index (χ4v) is 3.96. The van der Waals surface area contributed by atoms with Gasteiger partial charge in [0.1, 0.15) is 17.3 Å². The van der Waals surface area contributed by atoms with E-state index in [1.54, 1.807) is 19.1 Å². The van der Waals surface area contributed by atoms with Crippen molar-refractivity contribution >= 4 is 5.90 Å². The molecule has 206 valence electrons. The van der Waals surface area contributed by atoms with E-state index in [9.17, 15) is 22.7 Å². The van der Waals surface area contributed by atoms with Crippen molar-refractivity contribution in [3.05, 3.63) is 89.5 Å². The van der Waals surface area contributed by atoms with Gasteiger partial charge in [0.2, 0.25) is 0 Å². The number of benzene rings is 2. The summed E-state index contributed by atoms with van der Waals surface area (Å²) in [7, 11) is 2.65. The van der Waals surface area contributed by atoms with Crippen molar-refractivity contribution in [1.82, 2.24) is 0 Å². The van der Waals surface area contributed by atoms with Crippen LogP contribution in [0.3, 0.4) is 0 Å². The Morgan fingerprint density at radius 2 is 1.71 bits per heavy atom. The summed E-state index contributed by atoms with van der Waals surface area (Å²) in [5.41, 5.74) is -3.23. The Kier molecular flexibility index (Phi) is 12.3. The summed E-state index contributed by atoms with van der Waals surface area (Å²) in [5.74, 6) is -0.378. The Morgan fingerprint density at radius 3 is 2.24 bits per heavy atom. The number of allylic oxidation sites excluding steroid dienone is 3. The van der Waals surface area contributed by atoms with Crippen molar-refractivity contribution in [2.24, 2.45) is 4.99 Å². The van der Waals surface area contributed by atoms with E-state index < -0.39 is 35.9 Å². The van der Waals surface area contributed by atoms with Crippen LogP contribution in [0.5, 0.6) is 5.75 Å². The average molecular weight is 534 g/mol. The van der Waals surface area contributed by atoms with E-state index in [0.717, 1.165) is 17.7 Å². The maximum absolute atomic E-state index is 14.2. The van der Waals surface area contributed by atoms with Gasteiger partial charge in [-0.1, -0.05) is 50.3 Å². The molecule has 38 heavy (non-hydrogen) atoms. The fourth-order valence-electron chi connectivity index (χ4n) is 3.96. The third-order valence-corrected chi connectivity index (χ3v) is 5.84. The minimum absolute atomic E-state index is 0.210. The van der Waals surface area contributed by atoms with Gasteiger partial charge in [-0.05, 0) is 61.1 Å². The number of terminal acetylenes is 1. The molecule has 0 aromatic heterocycles. The molecule has 1 unspecified atom stereocenters. The van der Waals surface area contributed by atoms with Gasteiger partial charge in [0, 0.05) is 12.6 Å². The maximum Gasteiger partial charge on any atom is 0.417 e. The van der Waals surface area contributed by atoms with Crippen molar-refractivity contribution in [3.63, 3.8) is 0 Å². The number of halogens is 4. The molecular formula is C30H35F4NO3. The number of nitrogens with zero attached hydrogens (tertiary/aromatic N) is 1. The van der Waals surface area contributed by atoms with Gasteiger partial charge in [-0.2, -0.15) is 13.2 Å². The predicted molar refractivity (Wildman–Crippen MR) is 144 cm³/mol. The molecule has 0 bridgehead atoms. The van der Waals surface area contributed by atoms with Crippen LogP contribution in [0.15, 0.2) is 77.5 Å². The number of ether oxygens (including phenoxy) is 2. The molecule has 1 N–H and O–H groups in total. The third kappa shape index (κ3) is 9.07. The van der Waals surface area contributed by atoms with Gasteiger partial charge in [0.25, 0.3) is 0 Å². The van der Waals surface area contributed by atoms with Crippen LogP contribution in [-0.2, 0) is 16.6 Å². The van der Waals surface area contributed by atoms with E-state index in [1.165, 1.54) is 34.1 Å². The normalized spacial score (nSPS) is 14.4. The summed E-state index contributed by atoms with van der Waals surface area (Å²) < 4.78 is 67.5. The zero-order valence-corrected chi connectivity index (χ0v) is 22.3. The van der Waals surface area contributed by atoms with Crippen molar-refractivity contribution in [2.45, 2.75) is 57.2 Å². The van der Waals surface area contributed by atoms with Crippen LogP contribution in [0.1, 0.15) is 44.7 Å². The summed E-state index contributed by atoms with van der Waals surface area (Å²) in [6.45, 7) is 4.67. The summed E-state index contributed by atoms with van der Waals surface area (Å²) in [4.78, 5) is 3.87. The van der Waals surface area contributed by atoms with Crippen LogP contribution in [0.25, 0.3) is 0 Å². The van der Waals surface area contributed by atoms with Crippen molar-refractivity contribution in [1.29, 1.82) is 0 Å². The second-order valence-corrected chi connectivity index (χ2v) is 9.11. The van der Waals surface area contributed by atoms with Gasteiger partial charge in [-0.3, -0.25) is 4.99 Å². The van der Waals surface area contributed by atoms with E-state index in [1.807, 2.05) is 36.4 Å². The first kappa shape index (κ1) is 32.5. The standard InChI is InChI=1S/C28H33F4NO3.C2H2/c1-6-22(14-10-13-20-11-8-7-9-12-20)36-25(33-4)18-27(34,28(30,31)32)19-26(2,3)23-17-21(29)15-16-24(23)35-5;1-2/h6-12,14-17,34H,13,18-19H2,1-5H3;1-2H/b14-10-,22-6+,33-25?;. The van der Waals surface area contributed by atoms with E-state index in [-0.39, 0.29) is 17.2 Å². The largest absolute Gasteiger partial charge is 0.496 e. The molecule has 2 aromatic carbocycles. The van der Waals surface area contributed by atoms with E-state index in [2.05, 4.69) is 17.8 Å². The van der Waals surface area contributed by atoms with Gasteiger partial charge in [0.15, 0.2) is 11.5 Å². The van der Waals surface area contributed by atoms with Crippen molar-refractivity contribution in [2.75, 3.05) is 14.2 Å². The minimum Gasteiger partial charge on any atom is -0.496 e. The van der Waals surface area contributed by atoms with Crippen LogP contribution in [0.4, 0.5) is 17.6 Å². The smallest absolute Gasteiger partial charge is 0.417 e. The quantitative estimate of drug-likeness (QED) is 0.0879. The molecule has 1 atom stereocenters. The van der Waals surface area contributed by atoms with Crippen molar-refractivity contribution in [3.8, 4) is 18.6 Å². The Balaban J connectivity index is 0.00000352. The molecule has 0 fully saturated rings. The maximum atomic E-state index is 14.2. The second-order valence-electron chi connectivity index (χ2n) is 9.11. The molecule has 0 aliphatic rings. The Hall–Kier alpha value is -3.57. The molecule has 0 saturated heterocycles. The minimum atomic E-state index is -5.01. The van der Waals surface area contributed by atoms with Gasteiger partial charge in [-0.15, -0.1) is 12.8 Å². The molecule has 8 heteroatoms. The molecule has 4 nitrogen and oxygen atoms in total. The Morgan fingerprint density at radius 1 is 1.08 bits per heavy atom. The van der Waals surface area contributed by atoms with E-state index in [4.69, 9.17) is 9.47 Å². The monoisotopic (exact) mass is 533 g/mol. The lowest BCUT2D eigenvalue weighted by Crippen LogP contribution is -2.50. The van der Waals surface area contributed by atoms with E-state index in [0.29, 0.717) is 12.2 Å². The van der Waals surface area contributed by atoms with Crippen LogP contribution >= 0.6 is 0 Å². The molecule has 2 aromatic rings. The lowest BCUT2D eigenvalue weighted by atomic mass is 9.73. The highest BCUT2D eigenvalue weighted by Gasteiger charge is 2.57. The van der Waals surface area contributed by atoms with E-state index >= 15 is 0 Å². The highest BCUT2D eigenvalue weighted by atomic mass is 19.4. The summed E-state index contributed by atoms with van der Waals surface area (Å²) >= 11 is 0. The molecule has 2 rings (SSSR count). The van der Waals surface area contributed by atoms with Crippen molar-refractivity contribution < 1.29 is 32.1 Å². The SMILES string of the molecule is C#C.C/C=C(\C=C/Cc1ccccc1)OC(CC(O)(CC(C)(C)c1cc(F)ccc1OC)C(F)(F)F)=NC. The lowest BCUT2D eigenvalue weighted by Gasteiger charge is -2.38. The molecular weight excluding hydrogens is 498 g/mol. The third-order valence-electron chi connectivity index (χ3n) is 5.84.